The number of nitrogens with zero attached hydrogens (tertiary/aromatic N) is 1. The van der Waals surface area contributed by atoms with E-state index in [4.69, 9.17) is 9.47 Å². The molecule has 1 aromatic carbocycles. The predicted octanol–water partition coefficient (Wildman–Crippen LogP) is 3.06. The van der Waals surface area contributed by atoms with Crippen LogP contribution >= 0.6 is 24.0 Å². The Bertz CT molecular complexity index is 565. The van der Waals surface area contributed by atoms with Gasteiger partial charge in [0.25, 0.3) is 0 Å². The van der Waals surface area contributed by atoms with Crippen LogP contribution in [0.15, 0.2) is 23.2 Å². The molecule has 6 nitrogen and oxygen atoms in total. The Balaban J connectivity index is 0.00000625. The summed E-state index contributed by atoms with van der Waals surface area (Å²) in [4.78, 5) is 15.8. The maximum absolute atomic E-state index is 11.3. The molecule has 0 aliphatic heterocycles. The normalized spacial score (nSPS) is 10.7. The molecule has 0 heterocycles. The Hall–Kier alpha value is -1.51. The lowest BCUT2D eigenvalue weighted by molar-refractivity contribution is -0.143. The summed E-state index contributed by atoms with van der Waals surface area (Å²) in [5.41, 5.74) is 2.35. The predicted molar refractivity (Wildman–Crippen MR) is 117 cm³/mol. The van der Waals surface area contributed by atoms with Gasteiger partial charge in [-0.3, -0.25) is 9.79 Å². The molecule has 1 rings (SSSR count). The zero-order valence-electron chi connectivity index (χ0n) is 16.3. The Morgan fingerprint density at radius 3 is 2.65 bits per heavy atom. The second kappa shape index (κ2) is 14.6. The van der Waals surface area contributed by atoms with Crippen molar-refractivity contribution in [2.45, 2.75) is 40.0 Å². The highest BCUT2D eigenvalue weighted by atomic mass is 127. The van der Waals surface area contributed by atoms with Crippen LogP contribution in [-0.4, -0.2) is 45.3 Å². The van der Waals surface area contributed by atoms with E-state index < -0.39 is 0 Å². The summed E-state index contributed by atoms with van der Waals surface area (Å²) < 4.78 is 10.3. The highest BCUT2D eigenvalue weighted by molar-refractivity contribution is 14.0. The minimum Gasteiger partial charge on any atom is -0.496 e. The van der Waals surface area contributed by atoms with Crippen molar-refractivity contribution in [1.82, 2.24) is 10.6 Å². The molecule has 0 aliphatic rings. The molecule has 7 heteroatoms. The number of aryl methyl sites for hydroxylation is 1. The Morgan fingerprint density at radius 1 is 1.23 bits per heavy atom. The maximum Gasteiger partial charge on any atom is 0.305 e. The number of halogens is 1. The van der Waals surface area contributed by atoms with Crippen molar-refractivity contribution in [3.05, 3.63) is 29.3 Å². The molecule has 0 aromatic heterocycles. The van der Waals surface area contributed by atoms with Gasteiger partial charge in [-0.05, 0) is 50.8 Å². The molecular weight excluding hydrogens is 445 g/mol. The third-order valence-corrected chi connectivity index (χ3v) is 3.64. The molecule has 0 fully saturated rings. The van der Waals surface area contributed by atoms with E-state index in [1.165, 1.54) is 5.56 Å². The number of rotatable bonds is 10. The summed E-state index contributed by atoms with van der Waals surface area (Å²) in [6.45, 7) is 8.46. The van der Waals surface area contributed by atoms with Gasteiger partial charge in [0.1, 0.15) is 5.75 Å². The fourth-order valence-corrected chi connectivity index (χ4v) is 2.33. The largest absolute Gasteiger partial charge is 0.496 e. The molecule has 0 radical (unpaired) electrons. The van der Waals surface area contributed by atoms with Gasteiger partial charge in [-0.2, -0.15) is 0 Å². The summed E-state index contributed by atoms with van der Waals surface area (Å²) in [6, 6.07) is 6.26. The van der Waals surface area contributed by atoms with Gasteiger partial charge >= 0.3 is 5.97 Å². The lowest BCUT2D eigenvalue weighted by Gasteiger charge is -2.12. The van der Waals surface area contributed by atoms with Gasteiger partial charge in [-0.15, -0.1) is 24.0 Å². The zero-order chi connectivity index (χ0) is 18.5. The van der Waals surface area contributed by atoms with Crippen molar-refractivity contribution in [3.8, 4) is 5.75 Å². The van der Waals surface area contributed by atoms with Crippen LogP contribution in [-0.2, 0) is 16.0 Å². The zero-order valence-corrected chi connectivity index (χ0v) is 18.6. The number of benzene rings is 1. The SMILES string of the molecule is CCNC(=NCCCC(=O)OCC)NCCc1ccc(C)c(OC)c1.I. The molecule has 0 saturated carbocycles. The highest BCUT2D eigenvalue weighted by Gasteiger charge is 2.03. The van der Waals surface area contributed by atoms with E-state index in [0.29, 0.717) is 26.0 Å². The first-order valence-corrected chi connectivity index (χ1v) is 8.92. The van der Waals surface area contributed by atoms with Crippen molar-refractivity contribution < 1.29 is 14.3 Å². The number of guanidine groups is 1. The van der Waals surface area contributed by atoms with E-state index in [-0.39, 0.29) is 29.9 Å². The van der Waals surface area contributed by atoms with Gasteiger partial charge in [-0.1, -0.05) is 12.1 Å². The number of hydrogen-bond donors (Lipinski definition) is 2. The Kier molecular flexibility index (Phi) is 13.8. The summed E-state index contributed by atoms with van der Waals surface area (Å²) >= 11 is 0. The minimum absolute atomic E-state index is 0. The fourth-order valence-electron chi connectivity index (χ4n) is 2.33. The van der Waals surface area contributed by atoms with E-state index >= 15 is 0 Å². The molecule has 148 valence electrons. The molecule has 0 amide bonds. The number of carbonyl (C=O) groups is 1. The summed E-state index contributed by atoms with van der Waals surface area (Å²) in [5.74, 6) is 1.52. The first kappa shape index (κ1) is 24.5. The van der Waals surface area contributed by atoms with Gasteiger partial charge in [0, 0.05) is 26.1 Å². The standard InChI is InChI=1S/C19H31N3O3.HI/c1-5-20-19(21-12-7-8-18(23)25-6-2)22-13-11-16-10-9-15(3)17(14-16)24-4;/h9-10,14H,5-8,11-13H2,1-4H3,(H2,20,21,22);1H. The van der Waals surface area contributed by atoms with Crippen LogP contribution in [0.1, 0.15) is 37.8 Å². The minimum atomic E-state index is -0.163. The summed E-state index contributed by atoms with van der Waals surface area (Å²) in [5, 5.41) is 6.53. The molecule has 0 atom stereocenters. The number of carbonyl (C=O) groups excluding carboxylic acids is 1. The van der Waals surface area contributed by atoms with Gasteiger partial charge in [0.15, 0.2) is 5.96 Å². The third-order valence-electron chi connectivity index (χ3n) is 3.64. The van der Waals surface area contributed by atoms with Crippen LogP contribution < -0.4 is 15.4 Å². The summed E-state index contributed by atoms with van der Waals surface area (Å²) in [6.07, 6.45) is 1.97. The molecule has 0 spiro atoms. The maximum atomic E-state index is 11.3. The number of esters is 1. The first-order valence-electron chi connectivity index (χ1n) is 8.92. The molecule has 0 aliphatic carbocycles. The third kappa shape index (κ3) is 9.84. The molecule has 2 N–H and O–H groups in total. The van der Waals surface area contributed by atoms with Crippen molar-refractivity contribution in [2.75, 3.05) is 33.4 Å². The van der Waals surface area contributed by atoms with Crippen molar-refractivity contribution in [2.24, 2.45) is 4.99 Å². The van der Waals surface area contributed by atoms with E-state index in [2.05, 4.69) is 33.8 Å². The van der Waals surface area contributed by atoms with Crippen LogP contribution in [0.5, 0.6) is 5.75 Å². The lowest BCUT2D eigenvalue weighted by Crippen LogP contribution is -2.38. The van der Waals surface area contributed by atoms with Crippen LogP contribution in [0.3, 0.4) is 0 Å². The molecular formula is C19H32IN3O3. The molecule has 0 saturated heterocycles. The quantitative estimate of drug-likeness (QED) is 0.178. The van der Waals surface area contributed by atoms with E-state index in [9.17, 15) is 4.79 Å². The number of methoxy groups -OCH3 is 1. The second-order valence-corrected chi connectivity index (χ2v) is 5.65. The van der Waals surface area contributed by atoms with Crippen molar-refractivity contribution >= 4 is 35.9 Å². The molecule has 0 bridgehead atoms. The van der Waals surface area contributed by atoms with Gasteiger partial charge in [0.05, 0.1) is 13.7 Å². The molecule has 1 aromatic rings. The van der Waals surface area contributed by atoms with Crippen LogP contribution in [0, 0.1) is 6.92 Å². The number of nitrogens with one attached hydrogen (secondary N) is 2. The van der Waals surface area contributed by atoms with Crippen LogP contribution in [0.4, 0.5) is 0 Å². The highest BCUT2D eigenvalue weighted by Crippen LogP contribution is 2.18. The average Bonchev–Trinajstić information content (AvgIpc) is 2.60. The molecule has 0 unspecified atom stereocenters. The monoisotopic (exact) mass is 477 g/mol. The van der Waals surface area contributed by atoms with Crippen LogP contribution in [0.25, 0.3) is 0 Å². The summed E-state index contributed by atoms with van der Waals surface area (Å²) in [7, 11) is 1.69. The van der Waals surface area contributed by atoms with Crippen LogP contribution in [0.2, 0.25) is 0 Å². The lowest BCUT2D eigenvalue weighted by atomic mass is 10.1. The second-order valence-electron chi connectivity index (χ2n) is 5.65. The Morgan fingerprint density at radius 2 is 2.00 bits per heavy atom. The van der Waals surface area contributed by atoms with Crippen molar-refractivity contribution in [3.63, 3.8) is 0 Å². The van der Waals surface area contributed by atoms with E-state index in [1.807, 2.05) is 20.8 Å². The average molecular weight is 477 g/mol. The fraction of sp³-hybridized carbons (Fsp3) is 0.579. The van der Waals surface area contributed by atoms with Gasteiger partial charge < -0.3 is 20.1 Å². The first-order chi connectivity index (χ1) is 12.1. The number of aliphatic imine (C=N–C) groups is 1. The van der Waals surface area contributed by atoms with Gasteiger partial charge in [-0.25, -0.2) is 0 Å². The van der Waals surface area contributed by atoms with Gasteiger partial charge in [0.2, 0.25) is 0 Å². The number of ether oxygens (including phenoxy) is 2. The number of hydrogen-bond acceptors (Lipinski definition) is 4. The topological polar surface area (TPSA) is 72.0 Å². The Labute approximate surface area is 174 Å². The van der Waals surface area contributed by atoms with E-state index in [0.717, 1.165) is 36.8 Å². The van der Waals surface area contributed by atoms with E-state index in [1.54, 1.807) is 7.11 Å². The smallest absolute Gasteiger partial charge is 0.305 e. The molecule has 26 heavy (non-hydrogen) atoms. The van der Waals surface area contributed by atoms with Crippen molar-refractivity contribution in [1.29, 1.82) is 0 Å².